The average molecular weight is 294 g/mol. The summed E-state index contributed by atoms with van der Waals surface area (Å²) in [6.07, 6.45) is 1.19. The van der Waals surface area contributed by atoms with Crippen molar-refractivity contribution < 1.29 is 9.59 Å². The summed E-state index contributed by atoms with van der Waals surface area (Å²) in [5.41, 5.74) is 3.79. The van der Waals surface area contributed by atoms with Gasteiger partial charge in [-0.3, -0.25) is 9.59 Å². The van der Waals surface area contributed by atoms with Crippen LogP contribution < -0.4 is 10.2 Å². The highest BCUT2D eigenvalue weighted by Gasteiger charge is 2.25. The summed E-state index contributed by atoms with van der Waals surface area (Å²) in [5.74, 6) is -0.186. The lowest BCUT2D eigenvalue weighted by Crippen LogP contribution is -2.40. The van der Waals surface area contributed by atoms with Crippen molar-refractivity contribution in [1.82, 2.24) is 0 Å². The van der Waals surface area contributed by atoms with Crippen LogP contribution in [0.1, 0.15) is 17.5 Å². The Morgan fingerprint density at radius 1 is 1.14 bits per heavy atom. The first-order valence-corrected chi connectivity index (χ1v) is 7.38. The third-order valence-corrected chi connectivity index (χ3v) is 3.80. The van der Waals surface area contributed by atoms with E-state index in [1.165, 1.54) is 0 Å². The SMILES string of the molecule is Cc1cccc(NC(=O)CN2C(=O)CCc3ccccc32)c1. The lowest BCUT2D eigenvalue weighted by atomic mass is 10.0. The van der Waals surface area contributed by atoms with Crippen molar-refractivity contribution in [2.45, 2.75) is 19.8 Å². The molecule has 3 rings (SSSR count). The smallest absolute Gasteiger partial charge is 0.244 e. The Kier molecular flexibility index (Phi) is 3.92. The highest BCUT2D eigenvalue weighted by molar-refractivity contribution is 6.04. The van der Waals surface area contributed by atoms with Gasteiger partial charge in [-0.25, -0.2) is 0 Å². The van der Waals surface area contributed by atoms with Gasteiger partial charge < -0.3 is 10.2 Å². The molecular formula is C18H18N2O2. The Hall–Kier alpha value is -2.62. The van der Waals surface area contributed by atoms with E-state index in [-0.39, 0.29) is 18.4 Å². The maximum Gasteiger partial charge on any atom is 0.244 e. The molecule has 0 unspecified atom stereocenters. The van der Waals surface area contributed by atoms with Gasteiger partial charge in [-0.2, -0.15) is 0 Å². The van der Waals surface area contributed by atoms with E-state index in [9.17, 15) is 9.59 Å². The molecule has 0 aromatic heterocycles. The molecule has 0 spiro atoms. The van der Waals surface area contributed by atoms with Gasteiger partial charge in [-0.05, 0) is 42.7 Å². The maximum absolute atomic E-state index is 12.2. The van der Waals surface area contributed by atoms with Crippen LogP contribution >= 0.6 is 0 Å². The van der Waals surface area contributed by atoms with Gasteiger partial charge in [0.1, 0.15) is 6.54 Å². The molecular weight excluding hydrogens is 276 g/mol. The number of hydrogen-bond donors (Lipinski definition) is 1. The molecule has 0 fully saturated rings. The van der Waals surface area contributed by atoms with Gasteiger partial charge in [0.15, 0.2) is 0 Å². The van der Waals surface area contributed by atoms with E-state index in [0.29, 0.717) is 6.42 Å². The van der Waals surface area contributed by atoms with E-state index in [1.807, 2.05) is 55.5 Å². The first-order chi connectivity index (χ1) is 10.6. The lowest BCUT2D eigenvalue weighted by molar-refractivity contribution is -0.121. The van der Waals surface area contributed by atoms with Crippen LogP contribution in [0.4, 0.5) is 11.4 Å². The topological polar surface area (TPSA) is 49.4 Å². The van der Waals surface area contributed by atoms with Crippen molar-refractivity contribution in [1.29, 1.82) is 0 Å². The standard InChI is InChI=1S/C18H18N2O2/c1-13-5-4-7-15(11-13)19-17(21)12-20-16-8-3-2-6-14(16)9-10-18(20)22/h2-8,11H,9-10,12H2,1H3,(H,19,21). The largest absolute Gasteiger partial charge is 0.325 e. The fourth-order valence-electron chi connectivity index (χ4n) is 2.74. The Labute approximate surface area is 129 Å². The summed E-state index contributed by atoms with van der Waals surface area (Å²) < 4.78 is 0. The van der Waals surface area contributed by atoms with E-state index >= 15 is 0 Å². The molecule has 0 saturated heterocycles. The molecule has 0 radical (unpaired) electrons. The zero-order chi connectivity index (χ0) is 15.5. The van der Waals surface area contributed by atoms with Crippen molar-refractivity contribution in [2.75, 3.05) is 16.8 Å². The molecule has 22 heavy (non-hydrogen) atoms. The first kappa shape index (κ1) is 14.3. The number of fused-ring (bicyclic) bond motifs is 1. The summed E-state index contributed by atoms with van der Waals surface area (Å²) in [6, 6.07) is 15.4. The third kappa shape index (κ3) is 3.01. The van der Waals surface area contributed by atoms with Gasteiger partial charge in [0, 0.05) is 17.8 Å². The number of anilines is 2. The van der Waals surface area contributed by atoms with Crippen LogP contribution in [0.25, 0.3) is 0 Å². The molecule has 1 aliphatic rings. The zero-order valence-electron chi connectivity index (χ0n) is 12.5. The monoisotopic (exact) mass is 294 g/mol. The number of amides is 2. The molecule has 1 N–H and O–H groups in total. The van der Waals surface area contributed by atoms with Crippen LogP contribution in [-0.4, -0.2) is 18.4 Å². The van der Waals surface area contributed by atoms with Crippen LogP contribution in [0.2, 0.25) is 0 Å². The molecule has 112 valence electrons. The maximum atomic E-state index is 12.2. The predicted octanol–water partition coefficient (Wildman–Crippen LogP) is 2.91. The number of carbonyl (C=O) groups is 2. The molecule has 2 amide bonds. The van der Waals surface area contributed by atoms with Crippen LogP contribution in [0.3, 0.4) is 0 Å². The molecule has 2 aromatic carbocycles. The molecule has 1 aliphatic heterocycles. The highest BCUT2D eigenvalue weighted by atomic mass is 16.2. The second kappa shape index (κ2) is 6.02. The minimum Gasteiger partial charge on any atom is -0.325 e. The number of nitrogens with one attached hydrogen (secondary N) is 1. The van der Waals surface area contributed by atoms with Crippen molar-refractivity contribution in [2.24, 2.45) is 0 Å². The third-order valence-electron chi connectivity index (χ3n) is 3.80. The number of benzene rings is 2. The van der Waals surface area contributed by atoms with Crippen molar-refractivity contribution in [3.63, 3.8) is 0 Å². The summed E-state index contributed by atoms with van der Waals surface area (Å²) in [4.78, 5) is 26.0. The van der Waals surface area contributed by atoms with Crippen LogP contribution in [0.5, 0.6) is 0 Å². The van der Waals surface area contributed by atoms with Crippen LogP contribution in [-0.2, 0) is 16.0 Å². The van der Waals surface area contributed by atoms with Gasteiger partial charge >= 0.3 is 0 Å². The van der Waals surface area contributed by atoms with E-state index < -0.39 is 0 Å². The lowest BCUT2D eigenvalue weighted by Gasteiger charge is -2.28. The first-order valence-electron chi connectivity index (χ1n) is 7.38. The molecule has 4 nitrogen and oxygen atoms in total. The predicted molar refractivity (Wildman–Crippen MR) is 86.9 cm³/mol. The van der Waals surface area contributed by atoms with E-state index in [0.717, 1.165) is 28.9 Å². The second-order valence-corrected chi connectivity index (χ2v) is 5.53. The van der Waals surface area contributed by atoms with Gasteiger partial charge in [0.05, 0.1) is 0 Å². The number of hydrogen-bond acceptors (Lipinski definition) is 2. The van der Waals surface area contributed by atoms with Gasteiger partial charge in [0.25, 0.3) is 0 Å². The van der Waals surface area contributed by atoms with Crippen molar-refractivity contribution in [3.05, 3.63) is 59.7 Å². The number of aryl methyl sites for hydroxylation is 2. The normalized spacial score (nSPS) is 13.7. The van der Waals surface area contributed by atoms with Gasteiger partial charge in [-0.1, -0.05) is 30.3 Å². The Balaban J connectivity index is 1.75. The fraction of sp³-hybridized carbons (Fsp3) is 0.222. The molecule has 4 heteroatoms. The quantitative estimate of drug-likeness (QED) is 0.946. The zero-order valence-corrected chi connectivity index (χ0v) is 12.5. The molecule has 2 aromatic rings. The highest BCUT2D eigenvalue weighted by Crippen LogP contribution is 2.27. The summed E-state index contributed by atoms with van der Waals surface area (Å²) >= 11 is 0. The van der Waals surface area contributed by atoms with E-state index in [4.69, 9.17) is 0 Å². The van der Waals surface area contributed by atoms with Crippen LogP contribution in [0.15, 0.2) is 48.5 Å². The second-order valence-electron chi connectivity index (χ2n) is 5.53. The van der Waals surface area contributed by atoms with Crippen LogP contribution in [0, 0.1) is 6.92 Å². The van der Waals surface area contributed by atoms with E-state index in [1.54, 1.807) is 4.90 Å². The number of nitrogens with zero attached hydrogens (tertiary/aromatic N) is 1. The molecule has 0 bridgehead atoms. The molecule has 0 atom stereocenters. The number of rotatable bonds is 3. The number of carbonyl (C=O) groups excluding carboxylic acids is 2. The fourth-order valence-corrected chi connectivity index (χ4v) is 2.74. The Morgan fingerprint density at radius 3 is 2.77 bits per heavy atom. The Morgan fingerprint density at radius 2 is 1.95 bits per heavy atom. The molecule has 0 saturated carbocycles. The van der Waals surface area contributed by atoms with Gasteiger partial charge in [0.2, 0.25) is 11.8 Å². The summed E-state index contributed by atoms with van der Waals surface area (Å²) in [5, 5.41) is 2.85. The summed E-state index contributed by atoms with van der Waals surface area (Å²) in [6.45, 7) is 2.02. The number of para-hydroxylation sites is 1. The summed E-state index contributed by atoms with van der Waals surface area (Å²) in [7, 11) is 0. The average Bonchev–Trinajstić information content (AvgIpc) is 2.50. The minimum atomic E-state index is -0.185. The van der Waals surface area contributed by atoms with Crippen molar-refractivity contribution >= 4 is 23.2 Å². The molecule has 0 aliphatic carbocycles. The van der Waals surface area contributed by atoms with Gasteiger partial charge in [-0.15, -0.1) is 0 Å². The Bertz CT molecular complexity index is 725. The minimum absolute atomic E-state index is 0.00177. The van der Waals surface area contributed by atoms with E-state index in [2.05, 4.69) is 5.32 Å². The van der Waals surface area contributed by atoms with Crippen molar-refractivity contribution in [3.8, 4) is 0 Å². The molecule has 1 heterocycles.